The van der Waals surface area contributed by atoms with Crippen LogP contribution in [0.15, 0.2) is 176 Å². The van der Waals surface area contributed by atoms with Crippen LogP contribution in [-0.2, 0) is 32.5 Å². The van der Waals surface area contributed by atoms with Gasteiger partial charge in [-0.2, -0.15) is 0 Å². The average molecular weight is 898 g/mol. The predicted octanol–water partition coefficient (Wildman–Crippen LogP) is 18.2. The number of fused-ring (bicyclic) bond motifs is 8. The zero-order chi connectivity index (χ0) is 47.9. The molecule has 1 nitrogen and oxygen atoms in total. The van der Waals surface area contributed by atoms with Crippen LogP contribution >= 0.6 is 0 Å². The van der Waals surface area contributed by atoms with Crippen LogP contribution in [0.4, 0.5) is 17.1 Å². The summed E-state index contributed by atoms with van der Waals surface area (Å²) in [6, 6.07) is 68.3. The van der Waals surface area contributed by atoms with Crippen molar-refractivity contribution < 1.29 is 0 Å². The van der Waals surface area contributed by atoms with Gasteiger partial charge in [-0.15, -0.1) is 0 Å². The second kappa shape index (κ2) is 15.0. The number of anilines is 3. The zero-order valence-corrected chi connectivity index (χ0v) is 42.5. The highest BCUT2D eigenvalue weighted by atomic mass is 15.2. The number of nitrogens with zero attached hydrogens (tertiary/aromatic N) is 1. The molecule has 0 amide bonds. The molecule has 0 radical (unpaired) electrons. The molecule has 4 aliphatic rings. The Morgan fingerprint density at radius 2 is 0.783 bits per heavy atom. The van der Waals surface area contributed by atoms with E-state index in [1.165, 1.54) is 106 Å². The van der Waals surface area contributed by atoms with Crippen molar-refractivity contribution in [1.29, 1.82) is 0 Å². The number of rotatable bonds is 6. The summed E-state index contributed by atoms with van der Waals surface area (Å²) < 4.78 is 0. The summed E-state index contributed by atoms with van der Waals surface area (Å²) in [5.74, 6) is 0. The van der Waals surface area contributed by atoms with E-state index in [1.54, 1.807) is 0 Å². The van der Waals surface area contributed by atoms with Gasteiger partial charge >= 0.3 is 0 Å². The van der Waals surface area contributed by atoms with Crippen LogP contribution < -0.4 is 4.90 Å². The first-order chi connectivity index (χ1) is 33.0. The monoisotopic (exact) mass is 898 g/mol. The third-order valence-corrected chi connectivity index (χ3v) is 17.8. The molecule has 12 rings (SSSR count). The molecule has 0 aliphatic heterocycles. The molecular weight excluding hydrogens is 831 g/mol. The van der Waals surface area contributed by atoms with Crippen molar-refractivity contribution in [2.75, 3.05) is 4.90 Å². The topological polar surface area (TPSA) is 3.24 Å². The van der Waals surface area contributed by atoms with E-state index in [-0.39, 0.29) is 27.1 Å². The van der Waals surface area contributed by atoms with Gasteiger partial charge in [0.25, 0.3) is 0 Å². The lowest BCUT2D eigenvalue weighted by molar-refractivity contribution is 0.332. The summed E-state index contributed by atoms with van der Waals surface area (Å²) >= 11 is 0. The first-order valence-electron chi connectivity index (χ1n) is 25.7. The normalized spacial score (nSPS) is 18.8. The molecule has 344 valence electrons. The van der Waals surface area contributed by atoms with Crippen LogP contribution in [0.1, 0.15) is 151 Å². The highest BCUT2D eigenvalue weighted by Crippen LogP contribution is 2.62. The molecule has 0 spiro atoms. The van der Waals surface area contributed by atoms with Crippen molar-refractivity contribution in [1.82, 2.24) is 0 Å². The lowest BCUT2D eigenvalue weighted by Crippen LogP contribution is -2.35. The fraction of sp³-hybridized carbons (Fsp3) is 0.294. The third kappa shape index (κ3) is 6.27. The van der Waals surface area contributed by atoms with E-state index >= 15 is 0 Å². The molecule has 0 fully saturated rings. The Morgan fingerprint density at radius 3 is 1.42 bits per heavy atom. The van der Waals surface area contributed by atoms with Gasteiger partial charge in [-0.25, -0.2) is 0 Å². The lowest BCUT2D eigenvalue weighted by Gasteiger charge is -2.45. The second-order valence-corrected chi connectivity index (χ2v) is 24.1. The summed E-state index contributed by atoms with van der Waals surface area (Å²) in [6.07, 6.45) is 4.58. The molecule has 1 heteroatoms. The molecule has 4 aliphatic carbocycles. The van der Waals surface area contributed by atoms with Crippen molar-refractivity contribution >= 4 is 17.1 Å². The molecule has 0 bridgehead atoms. The fourth-order valence-electron chi connectivity index (χ4n) is 14.0. The summed E-state index contributed by atoms with van der Waals surface area (Å²) in [7, 11) is 0. The standard InChI is InChI=1S/C68H67N/c1-63(2)37-39-65(5,6)61-50(29-21-32-55(61)63)52-42-51-48-28-18-20-31-54(48)68(44-23-13-11-14-24-44,45-25-15-12-16-26-45)58(51)43-60(52)69(59-34-22-33-56-62(59)66(7,8)40-38-64(56,3)4)46-35-36-49-47-27-17-19-30-53(47)67(9,10)57(49)41-46/h11-36,41-43H,37-40H2,1-10H3. The van der Waals surface area contributed by atoms with Gasteiger partial charge in [0.15, 0.2) is 0 Å². The Balaban J connectivity index is 1.27. The molecular formula is C68H67N. The molecule has 0 saturated heterocycles. The van der Waals surface area contributed by atoms with E-state index in [1.807, 2.05) is 0 Å². The molecule has 8 aromatic rings. The van der Waals surface area contributed by atoms with Crippen LogP contribution in [0.3, 0.4) is 0 Å². The predicted molar refractivity (Wildman–Crippen MR) is 292 cm³/mol. The smallest absolute Gasteiger partial charge is 0.0714 e. The van der Waals surface area contributed by atoms with E-state index in [0.717, 1.165) is 25.7 Å². The van der Waals surface area contributed by atoms with E-state index in [9.17, 15) is 0 Å². The van der Waals surface area contributed by atoms with E-state index in [4.69, 9.17) is 0 Å². The molecule has 0 N–H and O–H groups in total. The maximum absolute atomic E-state index is 2.74. The highest BCUT2D eigenvalue weighted by molar-refractivity contribution is 5.99. The Bertz CT molecular complexity index is 3320. The van der Waals surface area contributed by atoms with Gasteiger partial charge in [0, 0.05) is 16.7 Å². The highest BCUT2D eigenvalue weighted by Gasteiger charge is 2.49. The lowest BCUT2D eigenvalue weighted by atomic mass is 9.61. The minimum Gasteiger partial charge on any atom is -0.310 e. The Kier molecular flexibility index (Phi) is 9.54. The maximum atomic E-state index is 2.74. The summed E-state index contributed by atoms with van der Waals surface area (Å²) in [5.41, 5.74) is 24.8. The Hall–Kier alpha value is -6.44. The molecule has 8 aromatic carbocycles. The van der Waals surface area contributed by atoms with Gasteiger partial charge in [0.2, 0.25) is 0 Å². The summed E-state index contributed by atoms with van der Waals surface area (Å²) in [4.78, 5) is 2.74. The first kappa shape index (κ1) is 43.8. The Labute approximate surface area is 412 Å². The molecule has 0 heterocycles. The van der Waals surface area contributed by atoms with E-state index in [2.05, 4.69) is 250 Å². The Morgan fingerprint density at radius 1 is 0.304 bits per heavy atom. The molecule has 0 atom stereocenters. The quantitative estimate of drug-likeness (QED) is 0.161. The van der Waals surface area contributed by atoms with E-state index < -0.39 is 5.41 Å². The van der Waals surface area contributed by atoms with Crippen molar-refractivity contribution in [2.24, 2.45) is 0 Å². The van der Waals surface area contributed by atoms with Crippen LogP contribution in [0, 0.1) is 0 Å². The van der Waals surface area contributed by atoms with Crippen molar-refractivity contribution in [3.05, 3.63) is 232 Å². The minimum atomic E-state index is -0.566. The number of hydrogen-bond donors (Lipinski definition) is 0. The fourth-order valence-corrected chi connectivity index (χ4v) is 14.0. The maximum Gasteiger partial charge on any atom is 0.0714 e. The van der Waals surface area contributed by atoms with Gasteiger partial charge < -0.3 is 4.90 Å². The minimum absolute atomic E-state index is 0.0282. The average Bonchev–Trinajstić information content (AvgIpc) is 3.77. The van der Waals surface area contributed by atoms with Crippen molar-refractivity contribution in [3.63, 3.8) is 0 Å². The number of hydrogen-bond acceptors (Lipinski definition) is 1. The van der Waals surface area contributed by atoms with Crippen molar-refractivity contribution in [2.45, 2.75) is 127 Å². The summed E-state index contributed by atoms with van der Waals surface area (Å²) in [6.45, 7) is 24.7. The third-order valence-electron chi connectivity index (χ3n) is 17.8. The van der Waals surface area contributed by atoms with E-state index in [0.29, 0.717) is 0 Å². The zero-order valence-electron chi connectivity index (χ0n) is 42.5. The van der Waals surface area contributed by atoms with Crippen molar-refractivity contribution in [3.8, 4) is 33.4 Å². The van der Waals surface area contributed by atoms with Gasteiger partial charge in [-0.3, -0.25) is 0 Å². The SMILES string of the molecule is CC1(C)CCC(C)(C)c2c(-c3cc4c(cc3N(c3ccc5c(c3)C(C)(C)c3ccccc3-5)c3cccc5c3C(C)(C)CCC5(C)C)C(c3ccccc3)(c3ccccc3)c3ccccc3-4)cccc21. The second-order valence-electron chi connectivity index (χ2n) is 24.1. The van der Waals surface area contributed by atoms with Gasteiger partial charge in [0.1, 0.15) is 0 Å². The molecule has 69 heavy (non-hydrogen) atoms. The molecule has 0 saturated carbocycles. The first-order valence-corrected chi connectivity index (χ1v) is 25.7. The summed E-state index contributed by atoms with van der Waals surface area (Å²) in [5, 5.41) is 0. The van der Waals surface area contributed by atoms with Crippen LogP contribution in [0.2, 0.25) is 0 Å². The van der Waals surface area contributed by atoms with Crippen LogP contribution in [0.25, 0.3) is 33.4 Å². The largest absolute Gasteiger partial charge is 0.310 e. The van der Waals surface area contributed by atoms with Crippen LogP contribution in [-0.4, -0.2) is 0 Å². The van der Waals surface area contributed by atoms with Gasteiger partial charge in [0.05, 0.1) is 16.8 Å². The van der Waals surface area contributed by atoms with Gasteiger partial charge in [-0.1, -0.05) is 215 Å². The van der Waals surface area contributed by atoms with Crippen LogP contribution in [0.5, 0.6) is 0 Å². The molecule has 0 unspecified atom stereocenters. The number of benzene rings is 8. The molecule has 0 aromatic heterocycles. The van der Waals surface area contributed by atoms with Gasteiger partial charge in [-0.05, 0) is 161 Å².